The molecule has 5 nitrogen and oxygen atoms in total. The molecule has 1 aromatic rings. The summed E-state index contributed by atoms with van der Waals surface area (Å²) in [5.74, 6) is 0.187. The molecule has 0 saturated carbocycles. The summed E-state index contributed by atoms with van der Waals surface area (Å²) in [5, 5.41) is 0. The Morgan fingerprint density at radius 3 is 2.75 bits per heavy atom. The largest absolute Gasteiger partial charge is 0.481 e. The first kappa shape index (κ1) is 12.2. The number of carbonyl (C=O) groups excluding carboxylic acids is 1. The summed E-state index contributed by atoms with van der Waals surface area (Å²) in [6.07, 6.45) is 2.94. The summed E-state index contributed by atoms with van der Waals surface area (Å²) >= 11 is 0. The SMILES string of the molecule is COc1cc(C)c(C(=O)N=CN(C)C)cn1. The quantitative estimate of drug-likeness (QED) is 0.567. The fraction of sp³-hybridized carbons (Fsp3) is 0.364. The molecule has 1 amide bonds. The average Bonchev–Trinajstić information content (AvgIpc) is 2.25. The Bertz CT molecular complexity index is 414. The van der Waals surface area contributed by atoms with E-state index in [1.54, 1.807) is 25.1 Å². The van der Waals surface area contributed by atoms with Gasteiger partial charge in [-0.2, -0.15) is 4.99 Å². The zero-order valence-corrected chi connectivity index (χ0v) is 9.89. The maximum absolute atomic E-state index is 11.7. The van der Waals surface area contributed by atoms with Crippen LogP contribution in [-0.2, 0) is 0 Å². The number of hydrogen-bond donors (Lipinski definition) is 0. The molecule has 0 N–H and O–H groups in total. The third-order valence-electron chi connectivity index (χ3n) is 1.93. The van der Waals surface area contributed by atoms with Crippen LogP contribution in [0.3, 0.4) is 0 Å². The van der Waals surface area contributed by atoms with Gasteiger partial charge in [0, 0.05) is 26.4 Å². The molecular formula is C11H15N3O2. The Kier molecular flexibility index (Phi) is 3.99. The van der Waals surface area contributed by atoms with Gasteiger partial charge in [0.2, 0.25) is 5.88 Å². The minimum Gasteiger partial charge on any atom is -0.481 e. The fourth-order valence-electron chi connectivity index (χ4n) is 1.10. The van der Waals surface area contributed by atoms with Crippen molar-refractivity contribution in [3.05, 3.63) is 23.4 Å². The van der Waals surface area contributed by atoms with Crippen molar-refractivity contribution in [1.82, 2.24) is 9.88 Å². The molecule has 1 rings (SSSR count). The van der Waals surface area contributed by atoms with Gasteiger partial charge in [-0.3, -0.25) is 4.79 Å². The number of aromatic nitrogens is 1. The van der Waals surface area contributed by atoms with E-state index in [2.05, 4.69) is 9.98 Å². The molecule has 0 spiro atoms. The number of rotatable bonds is 3. The van der Waals surface area contributed by atoms with Gasteiger partial charge >= 0.3 is 0 Å². The molecule has 0 aliphatic heterocycles. The summed E-state index contributed by atoms with van der Waals surface area (Å²) in [7, 11) is 5.14. The van der Waals surface area contributed by atoms with Crippen LogP contribution in [0, 0.1) is 6.92 Å². The van der Waals surface area contributed by atoms with Gasteiger partial charge in [0.05, 0.1) is 19.0 Å². The number of methoxy groups -OCH3 is 1. The number of carbonyl (C=O) groups is 1. The molecule has 1 aromatic heterocycles. The van der Waals surface area contributed by atoms with Crippen LogP contribution in [0.1, 0.15) is 15.9 Å². The van der Waals surface area contributed by atoms with Crippen molar-refractivity contribution in [3.8, 4) is 5.88 Å². The van der Waals surface area contributed by atoms with Crippen LogP contribution in [0.4, 0.5) is 0 Å². The van der Waals surface area contributed by atoms with E-state index < -0.39 is 0 Å². The van der Waals surface area contributed by atoms with E-state index in [4.69, 9.17) is 4.74 Å². The first-order valence-corrected chi connectivity index (χ1v) is 4.80. The van der Waals surface area contributed by atoms with Crippen molar-refractivity contribution >= 4 is 12.2 Å². The van der Waals surface area contributed by atoms with Crippen molar-refractivity contribution in [1.29, 1.82) is 0 Å². The summed E-state index contributed by atoms with van der Waals surface area (Å²) in [4.78, 5) is 21.1. The normalized spacial score (nSPS) is 10.5. The smallest absolute Gasteiger partial charge is 0.280 e. The van der Waals surface area contributed by atoms with Crippen molar-refractivity contribution in [2.45, 2.75) is 6.92 Å². The van der Waals surface area contributed by atoms with E-state index >= 15 is 0 Å². The second kappa shape index (κ2) is 5.25. The zero-order chi connectivity index (χ0) is 12.1. The number of hydrogen-bond acceptors (Lipinski definition) is 3. The lowest BCUT2D eigenvalue weighted by Crippen LogP contribution is -2.10. The van der Waals surface area contributed by atoms with E-state index in [0.29, 0.717) is 11.4 Å². The van der Waals surface area contributed by atoms with Crippen LogP contribution in [0.5, 0.6) is 5.88 Å². The van der Waals surface area contributed by atoms with Crippen LogP contribution in [0.15, 0.2) is 17.3 Å². The van der Waals surface area contributed by atoms with Crippen LogP contribution in [-0.4, -0.2) is 43.3 Å². The van der Waals surface area contributed by atoms with Crippen molar-refractivity contribution < 1.29 is 9.53 Å². The number of aryl methyl sites for hydroxylation is 1. The van der Waals surface area contributed by atoms with Crippen LogP contribution in [0.2, 0.25) is 0 Å². The van der Waals surface area contributed by atoms with Crippen LogP contribution >= 0.6 is 0 Å². The van der Waals surface area contributed by atoms with Gasteiger partial charge in [-0.05, 0) is 12.5 Å². The third-order valence-corrected chi connectivity index (χ3v) is 1.93. The number of aliphatic imine (C=N–C) groups is 1. The molecule has 0 bridgehead atoms. The predicted octanol–water partition coefficient (Wildman–Crippen LogP) is 1.13. The van der Waals surface area contributed by atoms with Gasteiger partial charge in [0.25, 0.3) is 5.91 Å². The number of amides is 1. The average molecular weight is 221 g/mol. The van der Waals surface area contributed by atoms with Gasteiger partial charge in [-0.1, -0.05) is 0 Å². The molecule has 0 radical (unpaired) electrons. The lowest BCUT2D eigenvalue weighted by atomic mass is 10.1. The van der Waals surface area contributed by atoms with E-state index in [1.807, 2.05) is 6.92 Å². The molecule has 0 aliphatic carbocycles. The molecule has 0 aromatic carbocycles. The summed E-state index contributed by atoms with van der Waals surface area (Å²) in [6.45, 7) is 1.82. The summed E-state index contributed by atoms with van der Waals surface area (Å²) < 4.78 is 4.96. The maximum atomic E-state index is 11.7. The number of nitrogens with zero attached hydrogens (tertiary/aromatic N) is 3. The van der Waals surface area contributed by atoms with E-state index in [-0.39, 0.29) is 5.91 Å². The lowest BCUT2D eigenvalue weighted by molar-refractivity contribution is 0.100. The van der Waals surface area contributed by atoms with Crippen molar-refractivity contribution in [2.24, 2.45) is 4.99 Å². The highest BCUT2D eigenvalue weighted by atomic mass is 16.5. The molecular weight excluding hydrogens is 206 g/mol. The zero-order valence-electron chi connectivity index (χ0n) is 9.89. The Labute approximate surface area is 94.8 Å². The highest BCUT2D eigenvalue weighted by molar-refractivity contribution is 5.99. The second-order valence-corrected chi connectivity index (χ2v) is 3.55. The third kappa shape index (κ3) is 3.05. The van der Waals surface area contributed by atoms with Crippen molar-refractivity contribution in [3.63, 3.8) is 0 Å². The standard InChI is InChI=1S/C11H15N3O2/c1-8-5-10(16-4)12-6-9(8)11(15)13-7-14(2)3/h5-7H,1-4H3. The molecule has 5 heteroatoms. The molecule has 0 aliphatic rings. The molecule has 86 valence electrons. The Balaban J connectivity index is 2.92. The first-order valence-electron chi connectivity index (χ1n) is 4.80. The first-order chi connectivity index (χ1) is 7.54. The topological polar surface area (TPSA) is 54.8 Å². The molecule has 1 heterocycles. The molecule has 0 unspecified atom stereocenters. The lowest BCUT2D eigenvalue weighted by Gasteiger charge is -2.05. The summed E-state index contributed by atoms with van der Waals surface area (Å²) in [6, 6.07) is 1.71. The van der Waals surface area contributed by atoms with Crippen LogP contribution in [0.25, 0.3) is 0 Å². The van der Waals surface area contributed by atoms with Gasteiger partial charge in [0.1, 0.15) is 0 Å². The van der Waals surface area contributed by atoms with Gasteiger partial charge in [-0.25, -0.2) is 4.98 Å². The Morgan fingerprint density at radius 1 is 1.56 bits per heavy atom. The minimum absolute atomic E-state index is 0.304. The van der Waals surface area contributed by atoms with Gasteiger partial charge < -0.3 is 9.64 Å². The molecule has 0 atom stereocenters. The highest BCUT2D eigenvalue weighted by Gasteiger charge is 2.08. The van der Waals surface area contributed by atoms with E-state index in [0.717, 1.165) is 5.56 Å². The van der Waals surface area contributed by atoms with E-state index in [1.165, 1.54) is 19.6 Å². The van der Waals surface area contributed by atoms with Crippen molar-refractivity contribution in [2.75, 3.05) is 21.2 Å². The monoisotopic (exact) mass is 221 g/mol. The molecule has 0 fully saturated rings. The Hall–Kier alpha value is -1.91. The predicted molar refractivity (Wildman–Crippen MR) is 62.0 cm³/mol. The molecule has 0 saturated heterocycles. The minimum atomic E-state index is -0.304. The number of ether oxygens (including phenoxy) is 1. The summed E-state index contributed by atoms with van der Waals surface area (Å²) in [5.41, 5.74) is 1.28. The van der Waals surface area contributed by atoms with E-state index in [9.17, 15) is 4.79 Å². The second-order valence-electron chi connectivity index (χ2n) is 3.55. The Morgan fingerprint density at radius 2 is 2.25 bits per heavy atom. The maximum Gasteiger partial charge on any atom is 0.280 e. The molecule has 16 heavy (non-hydrogen) atoms. The fourth-order valence-corrected chi connectivity index (χ4v) is 1.10. The van der Waals surface area contributed by atoms with Gasteiger partial charge in [0.15, 0.2) is 0 Å². The number of pyridine rings is 1. The van der Waals surface area contributed by atoms with Crippen LogP contribution < -0.4 is 4.74 Å². The van der Waals surface area contributed by atoms with Gasteiger partial charge in [-0.15, -0.1) is 0 Å². The highest BCUT2D eigenvalue weighted by Crippen LogP contribution is 2.13.